The summed E-state index contributed by atoms with van der Waals surface area (Å²) in [5.41, 5.74) is 2.40. The number of nitrogens with one attached hydrogen (secondary N) is 1. The van der Waals surface area contributed by atoms with Gasteiger partial charge in [-0.2, -0.15) is 0 Å². The highest BCUT2D eigenvalue weighted by molar-refractivity contribution is 7.09. The molecule has 0 aromatic carbocycles. The molecule has 0 spiro atoms. The number of carbonyl (C=O) groups excluding carboxylic acids is 1. The van der Waals surface area contributed by atoms with Gasteiger partial charge >= 0.3 is 0 Å². The van der Waals surface area contributed by atoms with E-state index < -0.39 is 0 Å². The van der Waals surface area contributed by atoms with E-state index in [1.54, 1.807) is 17.4 Å². The Hall–Kier alpha value is -2.03. The standard InChI is InChI=1S/C21H27N5O2S/c1-14-23-17(13-29-14)12-24-4-6-25(7-5-24)20(27)18-2-3-19-16-8-15(9-22-10-16)11-26(19)21(18)28/h2-3,13,15-16,22H,4-12H2,1H3/t15-,16+/m0/s1. The average Bonchev–Trinajstić information content (AvgIpc) is 3.14. The highest BCUT2D eigenvalue weighted by Gasteiger charge is 2.33. The van der Waals surface area contributed by atoms with Gasteiger partial charge in [0, 0.05) is 62.8 Å². The molecule has 2 fully saturated rings. The molecule has 0 aliphatic carbocycles. The summed E-state index contributed by atoms with van der Waals surface area (Å²) in [6, 6.07) is 3.76. The molecule has 5 rings (SSSR count). The topological polar surface area (TPSA) is 70.5 Å². The van der Waals surface area contributed by atoms with Crippen molar-refractivity contribution in [3.63, 3.8) is 0 Å². The smallest absolute Gasteiger partial charge is 0.263 e. The maximum absolute atomic E-state index is 13.1. The van der Waals surface area contributed by atoms with Gasteiger partial charge in [-0.1, -0.05) is 0 Å². The van der Waals surface area contributed by atoms with Crippen molar-refractivity contribution in [1.29, 1.82) is 0 Å². The molecule has 5 heterocycles. The number of carbonyl (C=O) groups is 1. The summed E-state index contributed by atoms with van der Waals surface area (Å²) >= 11 is 1.67. The zero-order valence-electron chi connectivity index (χ0n) is 16.8. The number of hydrogen-bond acceptors (Lipinski definition) is 6. The number of thiazole rings is 1. The van der Waals surface area contributed by atoms with E-state index >= 15 is 0 Å². The van der Waals surface area contributed by atoms with Crippen LogP contribution in [0.2, 0.25) is 0 Å². The number of piperazine rings is 1. The fourth-order valence-corrected chi connectivity index (χ4v) is 5.55. The fraction of sp³-hybridized carbons (Fsp3) is 0.571. The predicted molar refractivity (Wildman–Crippen MR) is 112 cm³/mol. The van der Waals surface area contributed by atoms with Crippen LogP contribution in [0.1, 0.15) is 39.1 Å². The number of nitrogens with zero attached hydrogens (tertiary/aromatic N) is 4. The minimum Gasteiger partial charge on any atom is -0.336 e. The van der Waals surface area contributed by atoms with Crippen LogP contribution in [0.4, 0.5) is 0 Å². The Bertz CT molecular complexity index is 976. The SMILES string of the molecule is Cc1nc(CN2CCN(C(=O)c3ccc4n(c3=O)C[C@@H]3CNC[C@H]4C3)CC2)cs1. The molecule has 0 saturated carbocycles. The molecule has 2 aromatic heterocycles. The van der Waals surface area contributed by atoms with E-state index in [0.29, 0.717) is 30.5 Å². The number of aryl methyl sites for hydroxylation is 1. The predicted octanol–water partition coefficient (Wildman–Crippen LogP) is 1.28. The van der Waals surface area contributed by atoms with Crippen molar-refractivity contribution in [2.45, 2.75) is 32.4 Å². The summed E-state index contributed by atoms with van der Waals surface area (Å²) in [4.78, 5) is 34.9. The van der Waals surface area contributed by atoms with Crippen LogP contribution in [0.15, 0.2) is 22.3 Å². The second-order valence-electron chi connectivity index (χ2n) is 8.47. The molecule has 2 aromatic rings. The molecule has 3 aliphatic rings. The summed E-state index contributed by atoms with van der Waals surface area (Å²) in [6.07, 6.45) is 1.14. The maximum atomic E-state index is 13.1. The van der Waals surface area contributed by atoms with Crippen LogP contribution in [-0.2, 0) is 13.1 Å². The lowest BCUT2D eigenvalue weighted by Crippen LogP contribution is -2.50. The molecule has 2 atom stereocenters. The van der Waals surface area contributed by atoms with Crippen LogP contribution in [0, 0.1) is 12.8 Å². The molecule has 0 radical (unpaired) electrons. The number of amides is 1. The third-order valence-electron chi connectivity index (χ3n) is 6.45. The van der Waals surface area contributed by atoms with E-state index in [0.717, 1.165) is 62.1 Å². The summed E-state index contributed by atoms with van der Waals surface area (Å²) in [7, 11) is 0. The van der Waals surface area contributed by atoms with Crippen LogP contribution in [0.3, 0.4) is 0 Å². The van der Waals surface area contributed by atoms with Crippen molar-refractivity contribution in [2.75, 3.05) is 39.3 Å². The first-order chi connectivity index (χ1) is 14.1. The average molecular weight is 414 g/mol. The van der Waals surface area contributed by atoms with E-state index in [4.69, 9.17) is 0 Å². The van der Waals surface area contributed by atoms with E-state index in [2.05, 4.69) is 20.6 Å². The summed E-state index contributed by atoms with van der Waals surface area (Å²) in [6.45, 7) is 8.37. The number of piperidine rings is 1. The summed E-state index contributed by atoms with van der Waals surface area (Å²) in [5, 5.41) is 6.65. The van der Waals surface area contributed by atoms with Gasteiger partial charge in [-0.15, -0.1) is 11.3 Å². The quantitative estimate of drug-likeness (QED) is 0.821. The molecule has 2 saturated heterocycles. The van der Waals surface area contributed by atoms with Crippen LogP contribution in [-0.4, -0.2) is 64.5 Å². The first-order valence-corrected chi connectivity index (χ1v) is 11.3. The molecule has 154 valence electrons. The Morgan fingerprint density at radius 2 is 2.07 bits per heavy atom. The van der Waals surface area contributed by atoms with Gasteiger partial charge in [-0.3, -0.25) is 14.5 Å². The molecule has 3 aliphatic heterocycles. The second kappa shape index (κ2) is 7.66. The van der Waals surface area contributed by atoms with E-state index in [-0.39, 0.29) is 11.5 Å². The molecule has 2 bridgehead atoms. The zero-order valence-corrected chi connectivity index (χ0v) is 17.6. The van der Waals surface area contributed by atoms with E-state index in [1.165, 1.54) is 0 Å². The van der Waals surface area contributed by atoms with Gasteiger partial charge in [0.1, 0.15) is 5.56 Å². The first kappa shape index (κ1) is 19.0. The van der Waals surface area contributed by atoms with Crippen LogP contribution in [0.5, 0.6) is 0 Å². The lowest BCUT2D eigenvalue weighted by molar-refractivity contribution is 0.0624. The maximum Gasteiger partial charge on any atom is 0.263 e. The zero-order chi connectivity index (χ0) is 20.0. The molecule has 7 nitrogen and oxygen atoms in total. The number of fused-ring (bicyclic) bond motifs is 4. The summed E-state index contributed by atoms with van der Waals surface area (Å²) in [5.74, 6) is 0.753. The molecule has 1 N–H and O–H groups in total. The van der Waals surface area contributed by atoms with Crippen molar-refractivity contribution in [3.8, 4) is 0 Å². The van der Waals surface area contributed by atoms with Gasteiger partial charge < -0.3 is 14.8 Å². The Balaban J connectivity index is 1.28. The van der Waals surface area contributed by atoms with Crippen molar-refractivity contribution in [2.24, 2.45) is 5.92 Å². The minimum absolute atomic E-state index is 0.107. The number of pyridine rings is 1. The van der Waals surface area contributed by atoms with Gasteiger partial charge in [-0.25, -0.2) is 4.98 Å². The van der Waals surface area contributed by atoms with Crippen molar-refractivity contribution < 1.29 is 4.79 Å². The molecular weight excluding hydrogens is 386 g/mol. The van der Waals surface area contributed by atoms with Gasteiger partial charge in [0.25, 0.3) is 11.5 Å². The van der Waals surface area contributed by atoms with E-state index in [1.807, 2.05) is 22.5 Å². The molecular formula is C21H27N5O2S. The highest BCUT2D eigenvalue weighted by atomic mass is 32.1. The number of rotatable bonds is 3. The van der Waals surface area contributed by atoms with Crippen molar-refractivity contribution in [3.05, 3.63) is 49.8 Å². The van der Waals surface area contributed by atoms with Crippen molar-refractivity contribution >= 4 is 17.2 Å². The van der Waals surface area contributed by atoms with Gasteiger partial charge in [0.2, 0.25) is 0 Å². The molecule has 29 heavy (non-hydrogen) atoms. The van der Waals surface area contributed by atoms with Crippen molar-refractivity contribution in [1.82, 2.24) is 24.7 Å². The van der Waals surface area contributed by atoms with Gasteiger partial charge in [0.05, 0.1) is 10.7 Å². The Labute approximate surface area is 174 Å². The summed E-state index contributed by atoms with van der Waals surface area (Å²) < 4.78 is 1.87. The van der Waals surface area contributed by atoms with Crippen LogP contribution < -0.4 is 10.9 Å². The largest absolute Gasteiger partial charge is 0.336 e. The number of hydrogen-bond donors (Lipinski definition) is 1. The third-order valence-corrected chi connectivity index (χ3v) is 7.27. The van der Waals surface area contributed by atoms with E-state index in [9.17, 15) is 9.59 Å². The second-order valence-corrected chi connectivity index (χ2v) is 9.53. The Morgan fingerprint density at radius 3 is 2.83 bits per heavy atom. The number of aromatic nitrogens is 2. The van der Waals surface area contributed by atoms with Gasteiger partial charge in [0.15, 0.2) is 0 Å². The molecule has 8 heteroatoms. The minimum atomic E-state index is -0.122. The fourth-order valence-electron chi connectivity index (χ4n) is 4.94. The highest BCUT2D eigenvalue weighted by Crippen LogP contribution is 2.31. The monoisotopic (exact) mass is 413 g/mol. The van der Waals surface area contributed by atoms with Crippen LogP contribution in [0.25, 0.3) is 0 Å². The Kier molecular flexibility index (Phi) is 5.01. The molecule has 1 amide bonds. The Morgan fingerprint density at radius 1 is 1.24 bits per heavy atom. The molecule has 0 unspecified atom stereocenters. The first-order valence-electron chi connectivity index (χ1n) is 10.5. The lowest BCUT2D eigenvalue weighted by Gasteiger charge is -2.38. The van der Waals surface area contributed by atoms with Gasteiger partial charge in [-0.05, 0) is 37.9 Å². The van der Waals surface area contributed by atoms with Crippen LogP contribution >= 0.6 is 11.3 Å². The normalized spacial score (nSPS) is 24.4. The lowest BCUT2D eigenvalue weighted by atomic mass is 9.84. The third kappa shape index (κ3) is 3.65.